The highest BCUT2D eigenvalue weighted by molar-refractivity contribution is 9.10. The molecule has 3 aromatic rings. The Balaban J connectivity index is 0.00000432. The molecule has 1 aromatic heterocycles. The zero-order valence-electron chi connectivity index (χ0n) is 20.0. The average Bonchev–Trinajstić information content (AvgIpc) is 2.84. The summed E-state index contributed by atoms with van der Waals surface area (Å²) < 4.78 is 14.1. The van der Waals surface area contributed by atoms with E-state index in [2.05, 4.69) is 28.2 Å². The van der Waals surface area contributed by atoms with E-state index in [1.165, 1.54) is 0 Å². The van der Waals surface area contributed by atoms with Crippen molar-refractivity contribution >= 4 is 38.7 Å². The standard InChI is InChI=1S/C26H30BrN3O4.HI/c1-3-13-29-18-21(17-22(27)19-29)25(31)28-12-15-34-26(32)30(4-2)14-16-33-24-11-7-9-20-8-5-6-10-23(20)24;/h5-11,17-19H,3-4,12-16H2,1-2H3;1H. The van der Waals surface area contributed by atoms with Gasteiger partial charge in [0.1, 0.15) is 31.1 Å². The molecule has 0 aliphatic heterocycles. The van der Waals surface area contributed by atoms with Gasteiger partial charge in [0.25, 0.3) is 5.91 Å². The molecule has 0 saturated carbocycles. The summed E-state index contributed by atoms with van der Waals surface area (Å²) in [6.07, 6.45) is 4.29. The number of aryl methyl sites for hydroxylation is 1. The van der Waals surface area contributed by atoms with E-state index in [-0.39, 0.29) is 43.0 Å². The van der Waals surface area contributed by atoms with Crippen molar-refractivity contribution in [3.63, 3.8) is 0 Å². The Morgan fingerprint density at radius 1 is 1.06 bits per heavy atom. The van der Waals surface area contributed by atoms with Crippen LogP contribution in [0.2, 0.25) is 0 Å². The molecule has 0 fully saturated rings. The van der Waals surface area contributed by atoms with Crippen LogP contribution in [-0.2, 0) is 11.3 Å². The van der Waals surface area contributed by atoms with Gasteiger partial charge in [0, 0.05) is 18.4 Å². The number of benzene rings is 2. The number of amides is 2. The number of likely N-dealkylation sites (N-methyl/N-ethyl adjacent to an activating group) is 1. The second-order valence-corrected chi connectivity index (χ2v) is 8.67. The minimum absolute atomic E-state index is 0. The zero-order valence-corrected chi connectivity index (χ0v) is 23.8. The molecule has 0 aliphatic carbocycles. The van der Waals surface area contributed by atoms with Gasteiger partial charge in [-0.25, -0.2) is 9.36 Å². The summed E-state index contributed by atoms with van der Waals surface area (Å²) in [5, 5.41) is 4.94. The van der Waals surface area contributed by atoms with E-state index < -0.39 is 6.09 Å². The Bertz CT molecular complexity index is 1120. The van der Waals surface area contributed by atoms with E-state index in [4.69, 9.17) is 9.47 Å². The fraction of sp³-hybridized carbons (Fsp3) is 0.346. The van der Waals surface area contributed by atoms with E-state index in [0.717, 1.165) is 34.0 Å². The van der Waals surface area contributed by atoms with Crippen LogP contribution in [0.5, 0.6) is 5.75 Å². The van der Waals surface area contributed by atoms with Crippen molar-refractivity contribution in [3.8, 4) is 5.75 Å². The Labute approximate surface area is 231 Å². The first-order valence-corrected chi connectivity index (χ1v) is 12.3. The molecular weight excluding hydrogens is 625 g/mol. The summed E-state index contributed by atoms with van der Waals surface area (Å²) >= 11 is 3.44. The normalized spacial score (nSPS) is 10.4. The molecule has 0 atom stereocenters. The molecule has 1 N–H and O–H groups in total. The number of carbonyl (C=O) groups excluding carboxylic acids is 2. The van der Waals surface area contributed by atoms with Gasteiger partial charge >= 0.3 is 6.09 Å². The van der Waals surface area contributed by atoms with Crippen molar-refractivity contribution in [1.29, 1.82) is 0 Å². The molecule has 7 nitrogen and oxygen atoms in total. The number of pyridine rings is 1. The van der Waals surface area contributed by atoms with Crippen molar-refractivity contribution in [2.45, 2.75) is 26.8 Å². The number of ether oxygens (including phenoxy) is 2. The van der Waals surface area contributed by atoms with Crippen molar-refractivity contribution in [2.75, 3.05) is 32.8 Å². The highest BCUT2D eigenvalue weighted by atomic mass is 127. The quantitative estimate of drug-likeness (QED) is 0.194. The number of rotatable bonds is 11. The van der Waals surface area contributed by atoms with Gasteiger partial charge in [-0.05, 0) is 40.4 Å². The molecule has 0 radical (unpaired) electrons. The maximum atomic E-state index is 12.4. The fourth-order valence-corrected chi connectivity index (χ4v) is 4.08. The summed E-state index contributed by atoms with van der Waals surface area (Å²) in [4.78, 5) is 26.5. The summed E-state index contributed by atoms with van der Waals surface area (Å²) in [6.45, 7) is 6.38. The summed E-state index contributed by atoms with van der Waals surface area (Å²) in [5.74, 6) is 0.580. The van der Waals surface area contributed by atoms with E-state index in [1.807, 2.05) is 66.3 Å². The third-order valence-electron chi connectivity index (χ3n) is 5.25. The molecular formula is C26H31BrIN3O4. The molecule has 9 heteroatoms. The molecule has 0 unspecified atom stereocenters. The monoisotopic (exact) mass is 655 g/mol. The zero-order chi connectivity index (χ0) is 24.3. The number of aromatic nitrogens is 1. The van der Waals surface area contributed by atoms with Gasteiger partial charge in [0.05, 0.1) is 17.6 Å². The molecule has 35 heavy (non-hydrogen) atoms. The number of halogens is 2. The highest BCUT2D eigenvalue weighted by Crippen LogP contribution is 2.25. The Kier molecular flexibility index (Phi) is 12.3. The smallest absolute Gasteiger partial charge is 0.409 e. The van der Waals surface area contributed by atoms with E-state index in [1.54, 1.807) is 11.0 Å². The van der Waals surface area contributed by atoms with Gasteiger partial charge in [-0.1, -0.05) is 43.3 Å². The van der Waals surface area contributed by atoms with Crippen molar-refractivity contribution in [1.82, 2.24) is 10.2 Å². The third kappa shape index (κ3) is 8.64. The Morgan fingerprint density at radius 2 is 1.83 bits per heavy atom. The van der Waals surface area contributed by atoms with Crippen molar-refractivity contribution in [2.24, 2.45) is 0 Å². The lowest BCUT2D eigenvalue weighted by molar-refractivity contribution is -0.697. The van der Waals surface area contributed by atoms with Crippen LogP contribution < -0.4 is 38.6 Å². The van der Waals surface area contributed by atoms with E-state index in [0.29, 0.717) is 25.3 Å². The fourth-order valence-electron chi connectivity index (χ4n) is 3.57. The SMILES string of the molecule is CCC[n+]1cc(Br)cc(C(=O)NCCOC(=O)N(CC)CCOc2cccc3ccccc23)c1.[I-]. The van der Waals surface area contributed by atoms with E-state index >= 15 is 0 Å². The van der Waals surface area contributed by atoms with Crippen LogP contribution in [-0.4, -0.2) is 49.7 Å². The number of fused-ring (bicyclic) bond motifs is 1. The Morgan fingerprint density at radius 3 is 2.60 bits per heavy atom. The van der Waals surface area contributed by atoms with Crippen LogP contribution in [0.3, 0.4) is 0 Å². The lowest BCUT2D eigenvalue weighted by Gasteiger charge is -2.21. The maximum Gasteiger partial charge on any atom is 0.409 e. The largest absolute Gasteiger partial charge is 1.00 e. The van der Waals surface area contributed by atoms with Crippen LogP contribution in [0, 0.1) is 0 Å². The topological polar surface area (TPSA) is 71.8 Å². The minimum atomic E-state index is -0.429. The summed E-state index contributed by atoms with van der Waals surface area (Å²) in [7, 11) is 0. The lowest BCUT2D eigenvalue weighted by atomic mass is 10.1. The number of hydrogen-bond donors (Lipinski definition) is 1. The van der Waals surface area contributed by atoms with Crippen LogP contribution in [0.1, 0.15) is 30.6 Å². The summed E-state index contributed by atoms with van der Waals surface area (Å²) in [6, 6.07) is 15.7. The summed E-state index contributed by atoms with van der Waals surface area (Å²) in [5.41, 5.74) is 0.551. The van der Waals surface area contributed by atoms with Gasteiger partial charge < -0.3 is 43.7 Å². The number of hydrogen-bond acceptors (Lipinski definition) is 4. The maximum absolute atomic E-state index is 12.4. The predicted molar refractivity (Wildman–Crippen MR) is 135 cm³/mol. The minimum Gasteiger partial charge on any atom is -1.00 e. The molecule has 3 rings (SSSR count). The van der Waals surface area contributed by atoms with Gasteiger partial charge in [-0.2, -0.15) is 0 Å². The lowest BCUT2D eigenvalue weighted by Crippen LogP contribution is -3.00. The van der Waals surface area contributed by atoms with E-state index in [9.17, 15) is 9.59 Å². The second kappa shape index (κ2) is 14.9. The molecule has 0 saturated heterocycles. The van der Waals surface area contributed by atoms with Crippen molar-refractivity contribution in [3.05, 3.63) is 71.0 Å². The van der Waals surface area contributed by atoms with Gasteiger partial charge in [0.2, 0.25) is 0 Å². The molecule has 0 aliphatic rings. The molecule has 2 amide bonds. The molecule has 0 spiro atoms. The van der Waals surface area contributed by atoms with Gasteiger partial charge in [-0.3, -0.25) is 4.79 Å². The first kappa shape index (κ1) is 28.8. The average molecular weight is 656 g/mol. The van der Waals surface area contributed by atoms with Crippen LogP contribution in [0.15, 0.2) is 65.4 Å². The predicted octanol–water partition coefficient (Wildman–Crippen LogP) is 1.57. The number of carbonyl (C=O) groups is 2. The van der Waals surface area contributed by atoms with Gasteiger partial charge in [0.15, 0.2) is 12.4 Å². The molecule has 1 heterocycles. The molecule has 0 bridgehead atoms. The first-order valence-electron chi connectivity index (χ1n) is 11.5. The van der Waals surface area contributed by atoms with Crippen LogP contribution in [0.25, 0.3) is 10.8 Å². The number of nitrogens with one attached hydrogen (secondary N) is 1. The van der Waals surface area contributed by atoms with Crippen molar-refractivity contribution < 1.29 is 47.6 Å². The second-order valence-electron chi connectivity index (χ2n) is 7.76. The van der Waals surface area contributed by atoms with Gasteiger partial charge in [-0.15, -0.1) is 0 Å². The van der Waals surface area contributed by atoms with Crippen LogP contribution >= 0.6 is 15.9 Å². The highest BCUT2D eigenvalue weighted by Gasteiger charge is 2.15. The third-order valence-corrected chi connectivity index (χ3v) is 5.69. The molecule has 2 aromatic carbocycles. The molecule has 188 valence electrons. The van der Waals surface area contributed by atoms with Crippen LogP contribution in [0.4, 0.5) is 4.79 Å². The number of nitrogens with zero attached hydrogens (tertiary/aromatic N) is 2. The Hall–Kier alpha value is -2.40. The first-order chi connectivity index (χ1) is 16.5.